The average molecular weight is 220 g/mol. The van der Waals surface area contributed by atoms with Crippen molar-refractivity contribution in [1.29, 1.82) is 0 Å². The Bertz CT molecular complexity index is 458. The van der Waals surface area contributed by atoms with Crippen molar-refractivity contribution >= 4 is 11.8 Å². The van der Waals surface area contributed by atoms with Gasteiger partial charge in [-0.1, -0.05) is 17.7 Å². The van der Waals surface area contributed by atoms with Crippen LogP contribution in [0, 0.1) is 19.3 Å². The van der Waals surface area contributed by atoms with Crippen LogP contribution in [-0.4, -0.2) is 15.0 Å². The maximum absolute atomic E-state index is 12.6. The highest BCUT2D eigenvalue weighted by atomic mass is 32.2. The average Bonchev–Trinajstić information content (AvgIpc) is 2.22. The topological polar surface area (TPSA) is 38.7 Å². The van der Waals surface area contributed by atoms with Gasteiger partial charge in [-0.25, -0.2) is 0 Å². The molecule has 0 aliphatic rings. The molecule has 0 atom stereocenters. The monoisotopic (exact) mass is 220 g/mol. The van der Waals surface area contributed by atoms with Gasteiger partial charge >= 0.3 is 6.08 Å². The summed E-state index contributed by atoms with van der Waals surface area (Å²) in [6, 6.07) is 7.82. The van der Waals surface area contributed by atoms with Gasteiger partial charge in [0.15, 0.2) is 5.16 Å². The molecule has 1 aromatic carbocycles. The number of rotatable bonds is 2. The van der Waals surface area contributed by atoms with E-state index in [0.29, 0.717) is 5.16 Å². The van der Waals surface area contributed by atoms with E-state index in [4.69, 9.17) is 0 Å². The van der Waals surface area contributed by atoms with Crippen molar-refractivity contribution in [2.45, 2.75) is 17.0 Å². The Kier molecular flexibility index (Phi) is 2.91. The molecule has 1 aromatic heterocycles. The SMILES string of the molecule is Cc1ccc(Sc2n[c]nc(F)n2)cc1. The van der Waals surface area contributed by atoms with Crippen LogP contribution in [0.3, 0.4) is 0 Å². The Morgan fingerprint density at radius 3 is 2.60 bits per heavy atom. The first kappa shape index (κ1) is 10.0. The molecule has 0 amide bonds. The second-order valence-electron chi connectivity index (χ2n) is 2.90. The Labute approximate surface area is 90.8 Å². The highest BCUT2D eigenvalue weighted by Gasteiger charge is 2.02. The predicted octanol–water partition coefficient (Wildman–Crippen LogP) is 2.27. The first-order chi connectivity index (χ1) is 7.24. The Balaban J connectivity index is 2.18. The summed E-state index contributed by atoms with van der Waals surface area (Å²) in [5.74, 6) is 0. The third kappa shape index (κ3) is 2.73. The standard InChI is InChI=1S/C10H7FN3S/c1-7-2-4-8(5-3-7)15-10-13-6-12-9(11)14-10/h2-5H,1H3. The summed E-state index contributed by atoms with van der Waals surface area (Å²) in [5.41, 5.74) is 1.17. The van der Waals surface area contributed by atoms with Crippen LogP contribution in [0.15, 0.2) is 34.3 Å². The molecule has 0 N–H and O–H groups in total. The summed E-state index contributed by atoms with van der Waals surface area (Å²) in [6.07, 6.45) is 1.40. The minimum absolute atomic E-state index is 0.311. The lowest BCUT2D eigenvalue weighted by Crippen LogP contribution is -1.93. The number of hydrogen-bond acceptors (Lipinski definition) is 4. The Morgan fingerprint density at radius 1 is 1.20 bits per heavy atom. The van der Waals surface area contributed by atoms with Gasteiger partial charge in [0.25, 0.3) is 0 Å². The van der Waals surface area contributed by atoms with Crippen molar-refractivity contribution in [3.8, 4) is 0 Å². The highest BCUT2D eigenvalue weighted by Crippen LogP contribution is 2.23. The predicted molar refractivity (Wildman–Crippen MR) is 53.9 cm³/mol. The molecule has 0 bridgehead atoms. The third-order valence-corrected chi connectivity index (χ3v) is 2.58. The normalized spacial score (nSPS) is 10.3. The molecule has 2 aromatic rings. The van der Waals surface area contributed by atoms with Crippen molar-refractivity contribution in [2.75, 3.05) is 0 Å². The number of aryl methyl sites for hydroxylation is 1. The van der Waals surface area contributed by atoms with Gasteiger partial charge in [0.1, 0.15) is 0 Å². The molecule has 3 nitrogen and oxygen atoms in total. The Morgan fingerprint density at radius 2 is 1.93 bits per heavy atom. The quantitative estimate of drug-likeness (QED) is 0.778. The van der Waals surface area contributed by atoms with Gasteiger partial charge in [0.05, 0.1) is 0 Å². The molecule has 0 spiro atoms. The van der Waals surface area contributed by atoms with Crippen LogP contribution in [0.4, 0.5) is 4.39 Å². The Hall–Kier alpha value is -1.49. The second-order valence-corrected chi connectivity index (χ2v) is 3.94. The summed E-state index contributed by atoms with van der Waals surface area (Å²) in [6.45, 7) is 2.00. The van der Waals surface area contributed by atoms with Crippen molar-refractivity contribution in [1.82, 2.24) is 15.0 Å². The first-order valence-electron chi connectivity index (χ1n) is 4.26. The van der Waals surface area contributed by atoms with Crippen LogP contribution in [0.25, 0.3) is 0 Å². The van der Waals surface area contributed by atoms with Crippen molar-refractivity contribution in [3.05, 3.63) is 42.2 Å². The van der Waals surface area contributed by atoms with E-state index < -0.39 is 6.08 Å². The van der Waals surface area contributed by atoms with E-state index in [1.165, 1.54) is 17.3 Å². The zero-order valence-electron chi connectivity index (χ0n) is 7.94. The fourth-order valence-corrected chi connectivity index (χ4v) is 1.69. The molecule has 0 aliphatic carbocycles. The van der Waals surface area contributed by atoms with Gasteiger partial charge in [-0.2, -0.15) is 19.3 Å². The lowest BCUT2D eigenvalue weighted by molar-refractivity contribution is 0.513. The van der Waals surface area contributed by atoms with E-state index >= 15 is 0 Å². The molecule has 2 rings (SSSR count). The van der Waals surface area contributed by atoms with Gasteiger partial charge in [-0.3, -0.25) is 0 Å². The summed E-state index contributed by atoms with van der Waals surface area (Å²) < 4.78 is 12.6. The lowest BCUT2D eigenvalue weighted by Gasteiger charge is -1.99. The first-order valence-corrected chi connectivity index (χ1v) is 5.08. The van der Waals surface area contributed by atoms with Gasteiger partial charge < -0.3 is 0 Å². The van der Waals surface area contributed by atoms with E-state index in [2.05, 4.69) is 21.3 Å². The molecule has 0 saturated carbocycles. The number of nitrogens with zero attached hydrogens (tertiary/aromatic N) is 3. The molecular weight excluding hydrogens is 213 g/mol. The molecule has 0 fully saturated rings. The maximum atomic E-state index is 12.6. The molecule has 1 heterocycles. The zero-order chi connectivity index (χ0) is 10.7. The number of hydrogen-bond donors (Lipinski definition) is 0. The summed E-state index contributed by atoms with van der Waals surface area (Å²) in [4.78, 5) is 11.4. The largest absolute Gasteiger partial charge is 0.313 e. The van der Waals surface area contributed by atoms with Crippen molar-refractivity contribution in [2.24, 2.45) is 0 Å². The van der Waals surface area contributed by atoms with Gasteiger partial charge in [-0.15, -0.1) is 0 Å². The minimum atomic E-state index is -0.806. The molecule has 1 radical (unpaired) electrons. The maximum Gasteiger partial charge on any atom is 0.313 e. The van der Waals surface area contributed by atoms with E-state index in [1.807, 2.05) is 31.2 Å². The van der Waals surface area contributed by atoms with Crippen molar-refractivity contribution < 1.29 is 4.39 Å². The van der Waals surface area contributed by atoms with Crippen LogP contribution >= 0.6 is 11.8 Å². The fourth-order valence-electron chi connectivity index (χ4n) is 0.995. The van der Waals surface area contributed by atoms with Crippen molar-refractivity contribution in [3.63, 3.8) is 0 Å². The van der Waals surface area contributed by atoms with Crippen LogP contribution < -0.4 is 0 Å². The lowest BCUT2D eigenvalue weighted by atomic mass is 10.2. The molecule has 5 heteroatoms. The van der Waals surface area contributed by atoms with Gasteiger partial charge in [0, 0.05) is 4.90 Å². The zero-order valence-corrected chi connectivity index (χ0v) is 8.75. The van der Waals surface area contributed by atoms with Crippen LogP contribution in [0.5, 0.6) is 0 Å². The van der Waals surface area contributed by atoms with E-state index in [-0.39, 0.29) is 0 Å². The number of halogens is 1. The fraction of sp³-hybridized carbons (Fsp3) is 0.100. The highest BCUT2D eigenvalue weighted by molar-refractivity contribution is 7.99. The molecule has 0 unspecified atom stereocenters. The van der Waals surface area contributed by atoms with Gasteiger partial charge in [-0.05, 0) is 30.8 Å². The minimum Gasteiger partial charge on any atom is -0.199 e. The molecule has 75 valence electrons. The number of aromatic nitrogens is 3. The third-order valence-electron chi connectivity index (χ3n) is 1.71. The van der Waals surface area contributed by atoms with Crippen LogP contribution in [0.1, 0.15) is 5.56 Å². The van der Waals surface area contributed by atoms with E-state index in [0.717, 1.165) is 4.90 Å². The smallest absolute Gasteiger partial charge is 0.199 e. The van der Waals surface area contributed by atoms with Gasteiger partial charge in [0.2, 0.25) is 6.33 Å². The number of benzene rings is 1. The summed E-state index contributed by atoms with van der Waals surface area (Å²) >= 11 is 1.28. The van der Waals surface area contributed by atoms with Crippen LogP contribution in [0.2, 0.25) is 0 Å². The second kappa shape index (κ2) is 4.35. The molecule has 0 saturated heterocycles. The molecule has 15 heavy (non-hydrogen) atoms. The summed E-state index contributed by atoms with van der Waals surface area (Å²) in [5, 5.41) is 0.311. The molecular formula is C10H7FN3S. The molecule has 0 aliphatic heterocycles. The van der Waals surface area contributed by atoms with E-state index in [9.17, 15) is 4.39 Å². The van der Waals surface area contributed by atoms with Crippen LogP contribution in [-0.2, 0) is 0 Å². The van der Waals surface area contributed by atoms with E-state index in [1.54, 1.807) is 0 Å². The summed E-state index contributed by atoms with van der Waals surface area (Å²) in [7, 11) is 0.